The van der Waals surface area contributed by atoms with Crippen LogP contribution in [0.3, 0.4) is 0 Å². The van der Waals surface area contributed by atoms with Gasteiger partial charge in [-0.25, -0.2) is 23.4 Å². The summed E-state index contributed by atoms with van der Waals surface area (Å²) in [5.74, 6) is 0.317. The van der Waals surface area contributed by atoms with Crippen LogP contribution in [0.1, 0.15) is 5.56 Å². The Kier molecular flexibility index (Phi) is 7.14. The molecule has 0 saturated carbocycles. The smallest absolute Gasteiger partial charge is 0.257 e. The Morgan fingerprint density at radius 2 is 1.85 bits per heavy atom. The van der Waals surface area contributed by atoms with Gasteiger partial charge < -0.3 is 5.32 Å². The topological polar surface area (TPSA) is 123 Å². The van der Waals surface area contributed by atoms with Crippen LogP contribution in [-0.4, -0.2) is 42.5 Å². The Balaban J connectivity index is 1.61. The maximum absolute atomic E-state index is 12.6. The van der Waals surface area contributed by atoms with Crippen molar-refractivity contribution in [1.29, 1.82) is 5.26 Å². The molecule has 2 N–H and O–H groups in total. The number of hydrogen-bond acceptors (Lipinski definition) is 9. The van der Waals surface area contributed by atoms with Crippen LogP contribution in [0.4, 0.5) is 11.5 Å². The van der Waals surface area contributed by atoms with Gasteiger partial charge >= 0.3 is 0 Å². The number of nitriles is 1. The third-order valence-electron chi connectivity index (χ3n) is 4.66. The number of aromatic nitrogens is 2. The zero-order valence-corrected chi connectivity index (χ0v) is 20.2. The molecular formula is C22H18ClN7O2S2. The van der Waals surface area contributed by atoms with Gasteiger partial charge in [-0.15, -0.1) is 4.83 Å². The quantitative estimate of drug-likeness (QED) is 0.357. The average molecular weight is 512 g/mol. The second-order valence-corrected chi connectivity index (χ2v) is 9.82. The molecule has 0 fully saturated rings. The summed E-state index contributed by atoms with van der Waals surface area (Å²) >= 11 is 7.34. The number of thioether (sulfide) groups is 1. The van der Waals surface area contributed by atoms with Crippen molar-refractivity contribution >= 4 is 51.2 Å². The highest BCUT2D eigenvalue weighted by molar-refractivity contribution is 7.98. The van der Waals surface area contributed by atoms with Gasteiger partial charge in [-0.1, -0.05) is 35.5 Å². The Morgan fingerprint density at radius 3 is 2.47 bits per heavy atom. The summed E-state index contributed by atoms with van der Waals surface area (Å²) in [5, 5.41) is 15.4. The molecule has 34 heavy (non-hydrogen) atoms. The van der Waals surface area contributed by atoms with Crippen LogP contribution >= 0.6 is 23.4 Å². The second kappa shape index (κ2) is 10.2. The lowest BCUT2D eigenvalue weighted by Crippen LogP contribution is -2.41. The third kappa shape index (κ3) is 5.37. The molecule has 172 valence electrons. The van der Waals surface area contributed by atoms with Crippen LogP contribution in [0.5, 0.6) is 0 Å². The number of nitrogens with zero attached hydrogens (tertiary/aromatic N) is 5. The zero-order chi connectivity index (χ0) is 24.1. The zero-order valence-electron chi connectivity index (χ0n) is 17.8. The Labute approximate surface area is 206 Å². The summed E-state index contributed by atoms with van der Waals surface area (Å²) in [4.78, 5) is 15.4. The Morgan fingerprint density at radius 1 is 1.12 bits per heavy atom. The predicted molar refractivity (Wildman–Crippen MR) is 133 cm³/mol. The standard InChI is InChI=1S/C22H18ClN7O2S2/c1-33-22-27-20(15-3-5-16(23)6-4-15)19(13-24)21(28-22)26-17-7-9-18(10-8-17)34(31,32)29-30-12-2-11-25-14-30/h2-11,14,29H,12H2,1H3,(H,26,27,28). The number of nitrogens with one attached hydrogen (secondary N) is 2. The molecule has 0 aliphatic carbocycles. The van der Waals surface area contributed by atoms with Crippen molar-refractivity contribution in [3.05, 3.63) is 71.4 Å². The maximum Gasteiger partial charge on any atom is 0.257 e. The lowest BCUT2D eigenvalue weighted by molar-refractivity contribution is 0.419. The molecule has 2 heterocycles. The number of sulfonamides is 1. The molecule has 1 aliphatic rings. The van der Waals surface area contributed by atoms with E-state index in [1.807, 2.05) is 6.26 Å². The first-order valence-electron chi connectivity index (χ1n) is 9.86. The minimum atomic E-state index is -3.79. The van der Waals surface area contributed by atoms with Gasteiger partial charge in [-0.2, -0.15) is 5.26 Å². The molecular weight excluding hydrogens is 494 g/mol. The number of aliphatic imine (C=N–C) groups is 1. The highest BCUT2D eigenvalue weighted by Gasteiger charge is 2.19. The van der Waals surface area contributed by atoms with Gasteiger partial charge in [0.2, 0.25) is 0 Å². The Hall–Kier alpha value is -3.43. The molecule has 0 amide bonds. The van der Waals surface area contributed by atoms with Crippen molar-refractivity contribution < 1.29 is 8.42 Å². The van der Waals surface area contributed by atoms with Crippen LogP contribution in [0.15, 0.2) is 75.9 Å². The largest absolute Gasteiger partial charge is 0.339 e. The van der Waals surface area contributed by atoms with Crippen molar-refractivity contribution in [2.45, 2.75) is 10.1 Å². The van der Waals surface area contributed by atoms with Crippen LogP contribution in [0.2, 0.25) is 5.02 Å². The lowest BCUT2D eigenvalue weighted by atomic mass is 10.1. The van der Waals surface area contributed by atoms with E-state index in [9.17, 15) is 13.7 Å². The van der Waals surface area contributed by atoms with Crippen molar-refractivity contribution in [3.8, 4) is 17.3 Å². The summed E-state index contributed by atoms with van der Waals surface area (Å²) in [6, 6.07) is 15.3. The SMILES string of the molecule is CSc1nc(Nc2ccc(S(=O)(=O)NN3C=NC=CC3)cc2)c(C#N)c(-c2ccc(Cl)cc2)n1. The first-order valence-corrected chi connectivity index (χ1v) is 12.9. The molecule has 9 nitrogen and oxygen atoms in total. The number of rotatable bonds is 7. The lowest BCUT2D eigenvalue weighted by Gasteiger charge is -2.20. The van der Waals surface area contributed by atoms with Crippen molar-refractivity contribution in [1.82, 2.24) is 19.8 Å². The highest BCUT2D eigenvalue weighted by Crippen LogP contribution is 2.31. The van der Waals surface area contributed by atoms with Crippen LogP contribution in [0, 0.1) is 11.3 Å². The summed E-state index contributed by atoms with van der Waals surface area (Å²) in [5.41, 5.74) is 2.02. The van der Waals surface area contributed by atoms with Gasteiger partial charge in [-0.3, -0.25) is 5.01 Å². The first-order chi connectivity index (χ1) is 16.4. The second-order valence-electron chi connectivity index (χ2n) is 6.95. The van der Waals surface area contributed by atoms with E-state index < -0.39 is 10.0 Å². The van der Waals surface area contributed by atoms with Crippen molar-refractivity contribution in [3.63, 3.8) is 0 Å². The molecule has 2 aromatic carbocycles. The fourth-order valence-electron chi connectivity index (χ4n) is 3.05. The molecule has 0 atom stereocenters. The number of hydrogen-bond donors (Lipinski definition) is 2. The fraction of sp³-hybridized carbons (Fsp3) is 0.0909. The predicted octanol–water partition coefficient (Wildman–Crippen LogP) is 4.19. The van der Waals surface area contributed by atoms with Gasteiger partial charge in [0, 0.05) is 22.5 Å². The van der Waals surface area contributed by atoms with E-state index in [1.165, 1.54) is 35.2 Å². The van der Waals surface area contributed by atoms with Gasteiger partial charge in [0.1, 0.15) is 18.0 Å². The molecule has 0 unspecified atom stereocenters. The maximum atomic E-state index is 12.6. The molecule has 0 bridgehead atoms. The Bertz CT molecular complexity index is 1400. The number of hydrazine groups is 1. The van der Waals surface area contributed by atoms with E-state index in [0.717, 1.165) is 5.56 Å². The molecule has 0 spiro atoms. The minimum absolute atomic E-state index is 0.0795. The third-order valence-corrected chi connectivity index (χ3v) is 6.83. The normalized spacial score (nSPS) is 13.0. The van der Waals surface area contributed by atoms with Gasteiger partial charge in [0.15, 0.2) is 11.0 Å². The number of benzene rings is 2. The molecule has 3 aromatic rings. The van der Waals surface area contributed by atoms with Crippen LogP contribution < -0.4 is 10.1 Å². The molecule has 0 saturated heterocycles. The van der Waals surface area contributed by atoms with Crippen molar-refractivity contribution in [2.75, 3.05) is 18.1 Å². The van der Waals surface area contributed by atoms with Gasteiger partial charge in [-0.05, 0) is 48.7 Å². The average Bonchev–Trinajstić information content (AvgIpc) is 2.85. The van der Waals surface area contributed by atoms with Crippen molar-refractivity contribution in [2.24, 2.45) is 4.99 Å². The molecule has 1 aromatic heterocycles. The fourth-order valence-corrected chi connectivity index (χ4v) is 4.58. The number of anilines is 2. The minimum Gasteiger partial charge on any atom is -0.339 e. The summed E-state index contributed by atoms with van der Waals surface area (Å²) < 4.78 is 25.3. The van der Waals surface area contributed by atoms with E-state index in [-0.39, 0.29) is 10.5 Å². The number of halogens is 1. The molecule has 1 aliphatic heterocycles. The van der Waals surface area contributed by atoms with Gasteiger partial charge in [0.25, 0.3) is 10.0 Å². The summed E-state index contributed by atoms with van der Waals surface area (Å²) in [6.07, 6.45) is 6.56. The van der Waals surface area contributed by atoms with E-state index in [0.29, 0.717) is 33.9 Å². The monoisotopic (exact) mass is 511 g/mol. The van der Waals surface area contributed by atoms with Gasteiger partial charge in [0.05, 0.1) is 17.1 Å². The van der Waals surface area contributed by atoms with E-state index in [2.05, 4.69) is 31.2 Å². The van der Waals surface area contributed by atoms with E-state index >= 15 is 0 Å². The molecule has 4 rings (SSSR count). The van der Waals surface area contributed by atoms with Crippen LogP contribution in [-0.2, 0) is 10.0 Å². The molecule has 0 radical (unpaired) electrons. The molecule has 12 heteroatoms. The van der Waals surface area contributed by atoms with E-state index in [1.54, 1.807) is 48.7 Å². The van der Waals surface area contributed by atoms with E-state index in [4.69, 9.17) is 11.6 Å². The van der Waals surface area contributed by atoms with Crippen LogP contribution in [0.25, 0.3) is 11.3 Å². The first kappa shape index (κ1) is 23.7. The summed E-state index contributed by atoms with van der Waals surface area (Å²) in [6.45, 7) is 0.376. The summed E-state index contributed by atoms with van der Waals surface area (Å²) in [7, 11) is -3.79. The highest BCUT2D eigenvalue weighted by atomic mass is 35.5.